The van der Waals surface area contributed by atoms with Gasteiger partial charge >= 0.3 is 0 Å². The predicted molar refractivity (Wildman–Crippen MR) is 111 cm³/mol. The topological polar surface area (TPSA) is 113 Å². The number of hydrogen-bond donors (Lipinski definition) is 3. The molecule has 5 atom stereocenters. The molecule has 7 heteroatoms. The Morgan fingerprint density at radius 2 is 2.00 bits per heavy atom. The Morgan fingerprint density at radius 1 is 1.17 bits per heavy atom. The van der Waals surface area contributed by atoms with Crippen LogP contribution in [-0.2, 0) is 6.54 Å². The van der Waals surface area contributed by atoms with E-state index in [1.165, 1.54) is 32.1 Å². The van der Waals surface area contributed by atoms with Crippen molar-refractivity contribution < 1.29 is 0 Å². The average Bonchev–Trinajstić information content (AvgIpc) is 2.75. The number of nitriles is 1. The lowest BCUT2D eigenvalue weighted by atomic mass is 9.48. The van der Waals surface area contributed by atoms with E-state index < -0.39 is 0 Å². The van der Waals surface area contributed by atoms with Gasteiger partial charge in [-0.05, 0) is 66.9 Å². The van der Waals surface area contributed by atoms with Crippen LogP contribution < -0.4 is 16.4 Å². The van der Waals surface area contributed by atoms with E-state index in [0.717, 1.165) is 18.0 Å². The Balaban J connectivity index is 1.29. The van der Waals surface area contributed by atoms with Crippen molar-refractivity contribution in [3.63, 3.8) is 0 Å². The molecule has 0 aromatic carbocycles. The fraction of sp³-hybridized carbons (Fsp3) is 0.545. The van der Waals surface area contributed by atoms with Crippen molar-refractivity contribution in [3.05, 3.63) is 41.9 Å². The van der Waals surface area contributed by atoms with Crippen molar-refractivity contribution in [2.45, 2.75) is 44.7 Å². The zero-order valence-corrected chi connectivity index (χ0v) is 16.5. The Morgan fingerprint density at radius 3 is 2.72 bits per heavy atom. The molecule has 0 saturated heterocycles. The Kier molecular flexibility index (Phi) is 4.59. The van der Waals surface area contributed by atoms with E-state index in [1.807, 2.05) is 18.3 Å². The summed E-state index contributed by atoms with van der Waals surface area (Å²) >= 11 is 0. The molecule has 0 aliphatic heterocycles. The first kappa shape index (κ1) is 18.3. The molecule has 4 fully saturated rings. The normalized spacial score (nSPS) is 32.0. The first-order chi connectivity index (χ1) is 14.1. The number of hydrogen-bond acceptors (Lipinski definition) is 7. The maximum absolute atomic E-state index is 9.50. The van der Waals surface area contributed by atoms with Gasteiger partial charge in [0.1, 0.15) is 17.5 Å². The summed E-state index contributed by atoms with van der Waals surface area (Å²) in [6, 6.07) is 6.51. The van der Waals surface area contributed by atoms with Gasteiger partial charge in [0.15, 0.2) is 0 Å². The van der Waals surface area contributed by atoms with Crippen molar-refractivity contribution in [3.8, 4) is 6.07 Å². The summed E-state index contributed by atoms with van der Waals surface area (Å²) in [7, 11) is 0. The second-order valence-electron chi connectivity index (χ2n) is 9.18. The average molecular weight is 390 g/mol. The summed E-state index contributed by atoms with van der Waals surface area (Å²) in [5.41, 5.74) is 8.32. The van der Waals surface area contributed by atoms with Gasteiger partial charge in [0.2, 0.25) is 5.95 Å². The van der Waals surface area contributed by atoms with Crippen molar-refractivity contribution >= 4 is 11.8 Å². The molecule has 29 heavy (non-hydrogen) atoms. The lowest BCUT2D eigenvalue weighted by Crippen LogP contribution is -2.58. The van der Waals surface area contributed by atoms with E-state index in [-0.39, 0.29) is 0 Å². The van der Waals surface area contributed by atoms with Crippen LogP contribution in [0.5, 0.6) is 0 Å². The van der Waals surface area contributed by atoms with Gasteiger partial charge < -0.3 is 16.4 Å². The molecule has 0 spiro atoms. The van der Waals surface area contributed by atoms with Crippen molar-refractivity contribution in [2.75, 3.05) is 17.2 Å². The van der Waals surface area contributed by atoms with Crippen LogP contribution in [0.15, 0.2) is 30.7 Å². The van der Waals surface area contributed by atoms with Gasteiger partial charge in [0, 0.05) is 31.5 Å². The van der Waals surface area contributed by atoms with E-state index in [4.69, 9.17) is 5.73 Å². The van der Waals surface area contributed by atoms with E-state index in [1.54, 1.807) is 12.4 Å². The molecule has 150 valence electrons. The summed E-state index contributed by atoms with van der Waals surface area (Å²) in [6.45, 7) is 1.45. The van der Waals surface area contributed by atoms with Crippen LogP contribution in [0.4, 0.5) is 11.8 Å². The van der Waals surface area contributed by atoms with Crippen LogP contribution in [0.1, 0.15) is 43.2 Å². The van der Waals surface area contributed by atoms with Gasteiger partial charge in [-0.1, -0.05) is 6.07 Å². The number of pyridine rings is 1. The van der Waals surface area contributed by atoms with Gasteiger partial charge in [0.25, 0.3) is 0 Å². The molecule has 2 aromatic heterocycles. The fourth-order valence-corrected chi connectivity index (χ4v) is 6.09. The van der Waals surface area contributed by atoms with Gasteiger partial charge in [-0.3, -0.25) is 4.98 Å². The largest absolute Gasteiger partial charge is 0.368 e. The molecule has 6 rings (SSSR count). The number of nitrogens with two attached hydrogens (primary N) is 1. The molecular formula is C22H27N7. The first-order valence-corrected chi connectivity index (χ1v) is 10.5. The predicted octanol–water partition coefficient (Wildman–Crippen LogP) is 2.92. The summed E-state index contributed by atoms with van der Waals surface area (Å²) < 4.78 is 0. The van der Waals surface area contributed by atoms with Gasteiger partial charge in [0.05, 0.1) is 6.20 Å². The zero-order chi connectivity index (χ0) is 19.8. The van der Waals surface area contributed by atoms with Crippen LogP contribution in [0, 0.1) is 34.5 Å². The third kappa shape index (κ3) is 3.53. The first-order valence-electron chi connectivity index (χ1n) is 10.5. The molecule has 4 N–H and O–H groups in total. The number of aromatic nitrogens is 3. The summed E-state index contributed by atoms with van der Waals surface area (Å²) in [6.07, 6.45) is 11.4. The van der Waals surface area contributed by atoms with Crippen LogP contribution in [-0.4, -0.2) is 27.5 Å². The second kappa shape index (κ2) is 7.27. The zero-order valence-electron chi connectivity index (χ0n) is 16.5. The molecule has 4 bridgehead atoms. The highest BCUT2D eigenvalue weighted by Gasteiger charge is 2.54. The molecule has 4 aliphatic carbocycles. The summed E-state index contributed by atoms with van der Waals surface area (Å²) in [5.74, 6) is 3.30. The summed E-state index contributed by atoms with van der Waals surface area (Å²) in [4.78, 5) is 13.0. The molecule has 2 aromatic rings. The molecule has 3 unspecified atom stereocenters. The molecule has 0 radical (unpaired) electrons. The lowest BCUT2D eigenvalue weighted by Gasteiger charge is -2.59. The molecule has 4 saturated carbocycles. The third-order valence-electron chi connectivity index (χ3n) is 7.19. The standard InChI is InChI=1S/C22H27N7/c23-9-18-12-27-21(26-11-14-2-1-3-25-10-14)29-20(18)28-13-22-6-15-4-16(7-22)19(24)17(5-15)8-22/h1-3,10,12,15-17,19H,4-8,11,13,24H2,(H2,26,27,28,29)/t15?,16-,17+,19?,22?. The van der Waals surface area contributed by atoms with Crippen molar-refractivity contribution in [2.24, 2.45) is 28.9 Å². The minimum atomic E-state index is 0.299. The highest BCUT2D eigenvalue weighted by Crippen LogP contribution is 2.59. The Bertz CT molecular complexity index is 907. The Labute approximate surface area is 171 Å². The Hall–Kier alpha value is -2.72. The number of rotatable bonds is 6. The van der Waals surface area contributed by atoms with E-state index in [9.17, 15) is 5.26 Å². The highest BCUT2D eigenvalue weighted by molar-refractivity contribution is 5.53. The van der Waals surface area contributed by atoms with Crippen molar-refractivity contribution in [1.29, 1.82) is 5.26 Å². The van der Waals surface area contributed by atoms with Gasteiger partial charge in [-0.2, -0.15) is 10.2 Å². The SMILES string of the molecule is N#Cc1cnc(NCc2cccnc2)nc1NCC12CC3C[C@H](C1)C(N)[C@@H](C3)C2. The van der Waals surface area contributed by atoms with E-state index in [0.29, 0.717) is 47.2 Å². The minimum Gasteiger partial charge on any atom is -0.368 e. The second-order valence-corrected chi connectivity index (χ2v) is 9.18. The number of nitrogens with one attached hydrogen (secondary N) is 2. The van der Waals surface area contributed by atoms with Crippen molar-refractivity contribution in [1.82, 2.24) is 15.0 Å². The molecule has 0 amide bonds. The highest BCUT2D eigenvalue weighted by atomic mass is 15.1. The number of anilines is 2. The molecule has 2 heterocycles. The number of nitrogens with zero attached hydrogens (tertiary/aromatic N) is 4. The summed E-state index contributed by atoms with van der Waals surface area (Å²) in [5, 5.41) is 16.2. The van der Waals surface area contributed by atoms with Crippen LogP contribution in [0.2, 0.25) is 0 Å². The fourth-order valence-electron chi connectivity index (χ4n) is 6.09. The van der Waals surface area contributed by atoms with Gasteiger partial charge in [-0.25, -0.2) is 4.98 Å². The molecular weight excluding hydrogens is 362 g/mol. The minimum absolute atomic E-state index is 0.299. The third-order valence-corrected chi connectivity index (χ3v) is 7.19. The van der Waals surface area contributed by atoms with E-state index in [2.05, 4.69) is 31.7 Å². The van der Waals surface area contributed by atoms with Gasteiger partial charge in [-0.15, -0.1) is 0 Å². The molecule has 7 nitrogen and oxygen atoms in total. The van der Waals surface area contributed by atoms with Crippen LogP contribution in [0.25, 0.3) is 0 Å². The van der Waals surface area contributed by atoms with Crippen LogP contribution in [0.3, 0.4) is 0 Å². The van der Waals surface area contributed by atoms with E-state index >= 15 is 0 Å². The lowest BCUT2D eigenvalue weighted by molar-refractivity contribution is -0.0591. The maximum atomic E-state index is 9.50. The smallest absolute Gasteiger partial charge is 0.224 e. The molecule has 4 aliphatic rings. The van der Waals surface area contributed by atoms with Crippen LogP contribution >= 0.6 is 0 Å². The maximum Gasteiger partial charge on any atom is 0.224 e. The quantitative estimate of drug-likeness (QED) is 0.696. The monoisotopic (exact) mass is 389 g/mol.